The lowest BCUT2D eigenvalue weighted by molar-refractivity contribution is 0.0188. The van der Waals surface area contributed by atoms with Crippen molar-refractivity contribution in [3.63, 3.8) is 0 Å². The number of hydrogen-bond donors (Lipinski definition) is 1. The van der Waals surface area contributed by atoms with Crippen LogP contribution in [0.1, 0.15) is 48.1 Å². The second-order valence-corrected chi connectivity index (χ2v) is 6.01. The Kier molecular flexibility index (Phi) is 3.35. The Hall–Kier alpha value is -1.67. The molecule has 0 radical (unpaired) electrons. The Morgan fingerprint density at radius 2 is 2.10 bits per heavy atom. The molecular formula is C18H21NO. The van der Waals surface area contributed by atoms with Crippen molar-refractivity contribution in [3.05, 3.63) is 65.0 Å². The Morgan fingerprint density at radius 1 is 1.25 bits per heavy atom. The van der Waals surface area contributed by atoms with Gasteiger partial charge in [-0.05, 0) is 50.3 Å². The van der Waals surface area contributed by atoms with Crippen LogP contribution in [0.3, 0.4) is 0 Å². The minimum Gasteiger partial charge on any atom is -0.385 e. The monoisotopic (exact) mass is 267 g/mol. The van der Waals surface area contributed by atoms with E-state index in [1.54, 1.807) is 0 Å². The lowest BCUT2D eigenvalue weighted by atomic mass is 9.73. The van der Waals surface area contributed by atoms with E-state index in [0.29, 0.717) is 0 Å². The van der Waals surface area contributed by atoms with Gasteiger partial charge in [-0.3, -0.25) is 4.98 Å². The molecule has 1 heterocycles. The first-order valence-corrected chi connectivity index (χ1v) is 7.32. The average molecular weight is 267 g/mol. The van der Waals surface area contributed by atoms with E-state index < -0.39 is 5.60 Å². The van der Waals surface area contributed by atoms with Gasteiger partial charge in [-0.1, -0.05) is 35.9 Å². The first-order valence-electron chi connectivity index (χ1n) is 7.32. The van der Waals surface area contributed by atoms with Crippen molar-refractivity contribution < 1.29 is 5.11 Å². The van der Waals surface area contributed by atoms with Crippen LogP contribution in [0.15, 0.2) is 42.6 Å². The number of aryl methyl sites for hydroxylation is 2. The summed E-state index contributed by atoms with van der Waals surface area (Å²) in [4.78, 5) is 4.55. The number of benzene rings is 1. The summed E-state index contributed by atoms with van der Waals surface area (Å²) < 4.78 is 0. The summed E-state index contributed by atoms with van der Waals surface area (Å²) in [6.45, 7) is 3.99. The van der Waals surface area contributed by atoms with Crippen LogP contribution < -0.4 is 0 Å². The third kappa shape index (κ3) is 2.25. The zero-order valence-electron chi connectivity index (χ0n) is 12.1. The predicted molar refractivity (Wildman–Crippen MR) is 80.7 cm³/mol. The van der Waals surface area contributed by atoms with E-state index in [0.717, 1.165) is 30.5 Å². The van der Waals surface area contributed by atoms with Gasteiger partial charge < -0.3 is 5.11 Å². The number of pyridine rings is 1. The molecule has 0 spiro atoms. The van der Waals surface area contributed by atoms with Crippen LogP contribution in [0.25, 0.3) is 0 Å². The van der Waals surface area contributed by atoms with Gasteiger partial charge in [-0.15, -0.1) is 0 Å². The van der Waals surface area contributed by atoms with E-state index in [1.807, 2.05) is 31.3 Å². The van der Waals surface area contributed by atoms with E-state index in [4.69, 9.17) is 0 Å². The Labute approximate surface area is 120 Å². The van der Waals surface area contributed by atoms with Gasteiger partial charge in [0.15, 0.2) is 0 Å². The molecular weight excluding hydrogens is 246 g/mol. The highest BCUT2D eigenvalue weighted by molar-refractivity contribution is 5.34. The molecule has 2 nitrogen and oxygen atoms in total. The molecule has 2 unspecified atom stereocenters. The molecule has 104 valence electrons. The summed E-state index contributed by atoms with van der Waals surface area (Å²) in [5.41, 5.74) is 3.66. The number of fused-ring (bicyclic) bond motifs is 1. The molecule has 20 heavy (non-hydrogen) atoms. The fourth-order valence-electron chi connectivity index (χ4n) is 3.32. The van der Waals surface area contributed by atoms with E-state index >= 15 is 0 Å². The van der Waals surface area contributed by atoms with Gasteiger partial charge in [-0.25, -0.2) is 0 Å². The van der Waals surface area contributed by atoms with Crippen LogP contribution >= 0.6 is 0 Å². The van der Waals surface area contributed by atoms with Crippen LogP contribution in [0.4, 0.5) is 0 Å². The van der Waals surface area contributed by atoms with Gasteiger partial charge in [0.25, 0.3) is 0 Å². The average Bonchev–Trinajstić information content (AvgIpc) is 2.46. The number of hydrogen-bond acceptors (Lipinski definition) is 2. The summed E-state index contributed by atoms with van der Waals surface area (Å²) in [5.74, 6) is 0.0780. The lowest BCUT2D eigenvalue weighted by Gasteiger charge is -2.36. The Morgan fingerprint density at radius 3 is 2.90 bits per heavy atom. The van der Waals surface area contributed by atoms with Crippen molar-refractivity contribution in [2.75, 3.05) is 0 Å². The normalized spacial score (nSPS) is 21.1. The largest absolute Gasteiger partial charge is 0.385 e. The van der Waals surface area contributed by atoms with Crippen molar-refractivity contribution in [1.29, 1.82) is 0 Å². The molecule has 0 bridgehead atoms. The highest BCUT2D eigenvalue weighted by Crippen LogP contribution is 2.43. The molecule has 2 heteroatoms. The van der Waals surface area contributed by atoms with E-state index in [1.165, 1.54) is 11.1 Å². The van der Waals surface area contributed by atoms with Crippen LogP contribution in [-0.2, 0) is 12.0 Å². The molecule has 0 saturated heterocycles. The first kappa shape index (κ1) is 13.3. The second kappa shape index (κ2) is 5.02. The molecule has 1 aromatic heterocycles. The number of aromatic nitrogens is 1. The third-order valence-electron chi connectivity index (χ3n) is 4.48. The van der Waals surface area contributed by atoms with Crippen LogP contribution in [-0.4, -0.2) is 10.1 Å². The summed E-state index contributed by atoms with van der Waals surface area (Å²) in [7, 11) is 0. The van der Waals surface area contributed by atoms with Gasteiger partial charge in [0, 0.05) is 17.8 Å². The Bertz CT molecular complexity index is 618. The third-order valence-corrected chi connectivity index (χ3v) is 4.48. The maximum atomic E-state index is 11.1. The maximum absolute atomic E-state index is 11.1. The fourth-order valence-corrected chi connectivity index (χ4v) is 3.32. The zero-order chi connectivity index (χ0) is 14.2. The molecule has 1 N–H and O–H groups in total. The number of rotatable bonds is 2. The molecule has 1 aliphatic carbocycles. The molecule has 1 aliphatic rings. The van der Waals surface area contributed by atoms with Crippen molar-refractivity contribution in [1.82, 2.24) is 4.98 Å². The van der Waals surface area contributed by atoms with Crippen molar-refractivity contribution >= 4 is 0 Å². The molecule has 3 rings (SSSR count). The summed E-state index contributed by atoms with van der Waals surface area (Å²) in [6.07, 6.45) is 5.02. The first-order chi connectivity index (χ1) is 9.59. The smallest absolute Gasteiger partial charge is 0.0952 e. The Balaban J connectivity index is 2.04. The van der Waals surface area contributed by atoms with E-state index in [2.05, 4.69) is 30.1 Å². The molecule has 0 fully saturated rings. The van der Waals surface area contributed by atoms with Crippen LogP contribution in [0.5, 0.6) is 0 Å². The summed E-state index contributed by atoms with van der Waals surface area (Å²) in [6, 6.07) is 12.3. The van der Waals surface area contributed by atoms with Gasteiger partial charge >= 0.3 is 0 Å². The fraction of sp³-hybridized carbons (Fsp3) is 0.389. The van der Waals surface area contributed by atoms with Gasteiger partial charge in [0.2, 0.25) is 0 Å². The highest BCUT2D eigenvalue weighted by Gasteiger charge is 2.38. The molecule has 2 aromatic rings. The minimum atomic E-state index is -0.866. The SMILES string of the molecule is Cc1cccc(C(C)(O)C2CCCc3cccnc32)c1. The van der Waals surface area contributed by atoms with Crippen molar-refractivity contribution in [3.8, 4) is 0 Å². The van der Waals surface area contributed by atoms with Crippen LogP contribution in [0.2, 0.25) is 0 Å². The highest BCUT2D eigenvalue weighted by atomic mass is 16.3. The summed E-state index contributed by atoms with van der Waals surface area (Å²) in [5, 5.41) is 11.1. The van der Waals surface area contributed by atoms with Crippen molar-refractivity contribution in [2.45, 2.75) is 44.6 Å². The molecule has 0 aliphatic heterocycles. The van der Waals surface area contributed by atoms with E-state index in [-0.39, 0.29) is 5.92 Å². The topological polar surface area (TPSA) is 33.1 Å². The quantitative estimate of drug-likeness (QED) is 0.899. The summed E-state index contributed by atoms with van der Waals surface area (Å²) >= 11 is 0. The minimum absolute atomic E-state index is 0.0780. The maximum Gasteiger partial charge on any atom is 0.0952 e. The number of aliphatic hydroxyl groups is 1. The number of nitrogens with zero attached hydrogens (tertiary/aromatic N) is 1. The lowest BCUT2D eigenvalue weighted by Crippen LogP contribution is -2.33. The van der Waals surface area contributed by atoms with Gasteiger partial charge in [-0.2, -0.15) is 0 Å². The van der Waals surface area contributed by atoms with Gasteiger partial charge in [0.05, 0.1) is 5.60 Å². The van der Waals surface area contributed by atoms with Gasteiger partial charge in [0.1, 0.15) is 0 Å². The molecule has 2 atom stereocenters. The second-order valence-electron chi connectivity index (χ2n) is 6.01. The van der Waals surface area contributed by atoms with Crippen LogP contribution in [0, 0.1) is 6.92 Å². The zero-order valence-corrected chi connectivity index (χ0v) is 12.1. The van der Waals surface area contributed by atoms with E-state index in [9.17, 15) is 5.11 Å². The standard InChI is InChI=1S/C18H21NO/c1-13-6-3-9-15(12-13)18(2,20)16-10-4-7-14-8-5-11-19-17(14)16/h3,5-6,8-9,11-12,16,20H,4,7,10H2,1-2H3. The predicted octanol–water partition coefficient (Wildman–Crippen LogP) is 3.72. The molecule has 1 aromatic carbocycles. The molecule has 0 saturated carbocycles. The molecule has 0 amide bonds. The van der Waals surface area contributed by atoms with Crippen molar-refractivity contribution in [2.24, 2.45) is 0 Å².